The van der Waals surface area contributed by atoms with Gasteiger partial charge in [0, 0.05) is 12.1 Å². The molecule has 0 amide bonds. The van der Waals surface area contributed by atoms with Crippen LogP contribution in [-0.4, -0.2) is 61.8 Å². The molecule has 0 saturated heterocycles. The van der Waals surface area contributed by atoms with Gasteiger partial charge in [-0.2, -0.15) is 5.26 Å². The lowest BCUT2D eigenvalue weighted by atomic mass is 9.90. The van der Waals surface area contributed by atoms with Gasteiger partial charge in [0.05, 0.1) is 28.4 Å². The summed E-state index contributed by atoms with van der Waals surface area (Å²) in [5.41, 5.74) is 0.954. The molecule has 2 aromatic carbocycles. The number of nitriles is 1. The molecule has 0 aromatic heterocycles. The molecule has 0 fully saturated rings. The number of likely N-dealkylation sites (N-methyl/N-ethyl adjacent to an activating group) is 1. The van der Waals surface area contributed by atoms with Crippen molar-refractivity contribution in [1.29, 1.82) is 5.26 Å². The molecule has 0 aliphatic carbocycles. The Morgan fingerprint density at radius 1 is 0.829 bits per heavy atom. The maximum Gasteiger partial charge on any atom is 0.186 e. The van der Waals surface area contributed by atoms with E-state index in [4.69, 9.17) is 23.4 Å². The van der Waals surface area contributed by atoms with Crippen LogP contribution < -0.4 is 18.9 Å². The van der Waals surface area contributed by atoms with E-state index in [-0.39, 0.29) is 0 Å². The zero-order valence-electron chi connectivity index (χ0n) is 22.4. The molecule has 0 bridgehead atoms. The first-order valence-electron chi connectivity index (χ1n) is 11.8. The second-order valence-corrected chi connectivity index (χ2v) is 14.0. The molecule has 0 N–H and O–H groups in total. The van der Waals surface area contributed by atoms with E-state index in [0.717, 1.165) is 43.0 Å². The van der Waals surface area contributed by atoms with E-state index in [2.05, 4.69) is 43.7 Å². The van der Waals surface area contributed by atoms with Crippen molar-refractivity contribution in [2.24, 2.45) is 0 Å². The molecule has 192 valence electrons. The van der Waals surface area contributed by atoms with Crippen LogP contribution in [0.25, 0.3) is 0 Å². The van der Waals surface area contributed by atoms with Gasteiger partial charge < -0.3 is 28.3 Å². The third-order valence-electron chi connectivity index (χ3n) is 5.81. The quantitative estimate of drug-likeness (QED) is 0.328. The van der Waals surface area contributed by atoms with Crippen molar-refractivity contribution in [3.05, 3.63) is 47.5 Å². The smallest absolute Gasteiger partial charge is 0.186 e. The third kappa shape index (κ3) is 7.89. The van der Waals surface area contributed by atoms with E-state index >= 15 is 0 Å². The van der Waals surface area contributed by atoms with E-state index in [1.54, 1.807) is 28.4 Å². The summed E-state index contributed by atoms with van der Waals surface area (Å²) >= 11 is 0. The normalized spacial score (nSPS) is 13.1. The standard InChI is InChI=1S/C27H40N2O5Si/c1-29(17-14-21-10-12-23(30-2)25(18-21)32-4)16-9-15-27(20-28,34-35(6,7)8)22-11-13-24(31-3)26(19-22)33-5/h10-13,18-19H,9,14-17H2,1-8H3. The highest BCUT2D eigenvalue weighted by atomic mass is 28.4. The number of hydrogen-bond acceptors (Lipinski definition) is 7. The molecule has 2 aromatic rings. The monoisotopic (exact) mass is 500 g/mol. The first-order valence-corrected chi connectivity index (χ1v) is 15.3. The third-order valence-corrected chi connectivity index (χ3v) is 6.77. The maximum atomic E-state index is 10.3. The molecule has 0 spiro atoms. The second kappa shape index (κ2) is 12.8. The SMILES string of the molecule is COc1ccc(CCN(C)CCCC(C#N)(O[Si](C)(C)C)c2ccc(OC)c(OC)c2)cc1OC. The maximum absolute atomic E-state index is 10.3. The van der Waals surface area contributed by atoms with Crippen molar-refractivity contribution in [2.75, 3.05) is 48.6 Å². The minimum absolute atomic E-state index is 0.587. The highest BCUT2D eigenvalue weighted by Crippen LogP contribution is 2.38. The van der Waals surface area contributed by atoms with Gasteiger partial charge in [0.15, 0.2) is 36.9 Å². The predicted molar refractivity (Wildman–Crippen MR) is 141 cm³/mol. The Morgan fingerprint density at radius 3 is 1.94 bits per heavy atom. The molecular formula is C27H40N2O5Si. The minimum atomic E-state index is -2.03. The molecule has 0 saturated carbocycles. The van der Waals surface area contributed by atoms with Gasteiger partial charge in [-0.3, -0.25) is 0 Å². The van der Waals surface area contributed by atoms with Crippen molar-refractivity contribution in [3.8, 4) is 29.1 Å². The number of hydrogen-bond donors (Lipinski definition) is 0. The number of methoxy groups -OCH3 is 4. The summed E-state index contributed by atoms with van der Waals surface area (Å²) in [6.07, 6.45) is 2.29. The lowest BCUT2D eigenvalue weighted by molar-refractivity contribution is 0.102. The fraction of sp³-hybridized carbons (Fsp3) is 0.519. The lowest BCUT2D eigenvalue weighted by Crippen LogP contribution is -2.40. The predicted octanol–water partition coefficient (Wildman–Crippen LogP) is 5.25. The second-order valence-electron chi connectivity index (χ2n) is 9.57. The molecule has 0 heterocycles. The van der Waals surface area contributed by atoms with Crippen molar-refractivity contribution < 1.29 is 23.4 Å². The van der Waals surface area contributed by atoms with Gasteiger partial charge in [0.25, 0.3) is 0 Å². The van der Waals surface area contributed by atoms with E-state index in [1.165, 1.54) is 5.56 Å². The molecule has 1 unspecified atom stereocenters. The zero-order chi connectivity index (χ0) is 26.1. The van der Waals surface area contributed by atoms with Crippen molar-refractivity contribution in [3.63, 3.8) is 0 Å². The zero-order valence-corrected chi connectivity index (χ0v) is 23.4. The van der Waals surface area contributed by atoms with E-state index < -0.39 is 13.9 Å². The van der Waals surface area contributed by atoms with Crippen LogP contribution in [0.15, 0.2) is 36.4 Å². The fourth-order valence-corrected chi connectivity index (χ4v) is 5.38. The molecule has 0 aliphatic heterocycles. The lowest BCUT2D eigenvalue weighted by Gasteiger charge is -2.35. The van der Waals surface area contributed by atoms with Gasteiger partial charge in [-0.05, 0) is 82.3 Å². The van der Waals surface area contributed by atoms with Crippen LogP contribution in [0.3, 0.4) is 0 Å². The highest BCUT2D eigenvalue weighted by Gasteiger charge is 2.38. The summed E-state index contributed by atoms with van der Waals surface area (Å²) in [4.78, 5) is 2.28. The van der Waals surface area contributed by atoms with Crippen molar-refractivity contribution >= 4 is 8.32 Å². The highest BCUT2D eigenvalue weighted by molar-refractivity contribution is 6.69. The van der Waals surface area contributed by atoms with E-state index in [0.29, 0.717) is 17.9 Å². The van der Waals surface area contributed by atoms with Gasteiger partial charge >= 0.3 is 0 Å². The molecule has 35 heavy (non-hydrogen) atoms. The van der Waals surface area contributed by atoms with Crippen molar-refractivity contribution in [2.45, 2.75) is 44.5 Å². The van der Waals surface area contributed by atoms with Crippen LogP contribution >= 0.6 is 0 Å². The Kier molecular flexibility index (Phi) is 10.4. The molecule has 7 nitrogen and oxygen atoms in total. The average Bonchev–Trinajstić information content (AvgIpc) is 2.85. The summed E-state index contributed by atoms with van der Waals surface area (Å²) < 4.78 is 28.1. The summed E-state index contributed by atoms with van der Waals surface area (Å²) in [6, 6.07) is 14.1. The summed E-state index contributed by atoms with van der Waals surface area (Å²) in [7, 11) is 6.56. The molecule has 0 radical (unpaired) electrons. The summed E-state index contributed by atoms with van der Waals surface area (Å²) in [5.74, 6) is 2.70. The Hall–Kier alpha value is -2.73. The summed E-state index contributed by atoms with van der Waals surface area (Å²) in [5, 5.41) is 10.3. The van der Waals surface area contributed by atoms with Gasteiger partial charge in [-0.25, -0.2) is 0 Å². The fourth-order valence-electron chi connectivity index (χ4n) is 4.07. The van der Waals surface area contributed by atoms with Gasteiger partial charge in [-0.15, -0.1) is 0 Å². The van der Waals surface area contributed by atoms with Crippen LogP contribution in [0.2, 0.25) is 19.6 Å². The van der Waals surface area contributed by atoms with Crippen LogP contribution in [0, 0.1) is 11.3 Å². The first kappa shape index (κ1) is 28.5. The molecule has 8 heteroatoms. The van der Waals surface area contributed by atoms with Crippen LogP contribution in [0.5, 0.6) is 23.0 Å². The van der Waals surface area contributed by atoms with Crippen LogP contribution in [-0.2, 0) is 16.4 Å². The van der Waals surface area contributed by atoms with E-state index in [9.17, 15) is 5.26 Å². The Bertz CT molecular complexity index is 1000. The first-order chi connectivity index (χ1) is 16.6. The average molecular weight is 501 g/mol. The van der Waals surface area contributed by atoms with Crippen LogP contribution in [0.4, 0.5) is 0 Å². The Morgan fingerprint density at radius 2 is 1.40 bits per heavy atom. The van der Waals surface area contributed by atoms with Crippen LogP contribution in [0.1, 0.15) is 24.0 Å². The molecule has 0 aliphatic rings. The molecular weight excluding hydrogens is 460 g/mol. The van der Waals surface area contributed by atoms with Gasteiger partial charge in [-0.1, -0.05) is 12.1 Å². The Balaban J connectivity index is 2.09. The van der Waals surface area contributed by atoms with Gasteiger partial charge in [0.2, 0.25) is 0 Å². The molecule has 2 rings (SSSR count). The number of ether oxygens (including phenoxy) is 4. The number of benzene rings is 2. The number of nitrogens with zero attached hydrogens (tertiary/aromatic N) is 2. The minimum Gasteiger partial charge on any atom is -0.493 e. The topological polar surface area (TPSA) is 73.2 Å². The van der Waals surface area contributed by atoms with Gasteiger partial charge in [0.1, 0.15) is 6.07 Å². The molecule has 1 atom stereocenters. The van der Waals surface area contributed by atoms with E-state index in [1.807, 2.05) is 30.3 Å². The largest absolute Gasteiger partial charge is 0.493 e. The number of rotatable bonds is 14. The summed E-state index contributed by atoms with van der Waals surface area (Å²) in [6.45, 7) is 8.05. The Labute approximate surface area is 211 Å². The van der Waals surface area contributed by atoms with Crippen molar-refractivity contribution in [1.82, 2.24) is 4.90 Å².